The second-order valence-electron chi connectivity index (χ2n) is 4.73. The first-order valence-corrected chi connectivity index (χ1v) is 6.87. The quantitative estimate of drug-likeness (QED) is 0.560. The number of anilines is 2. The van der Waals surface area contributed by atoms with E-state index in [0.29, 0.717) is 18.0 Å². The van der Waals surface area contributed by atoms with Crippen LogP contribution >= 0.6 is 0 Å². The van der Waals surface area contributed by atoms with Crippen LogP contribution in [0.2, 0.25) is 0 Å². The Kier molecular flexibility index (Phi) is 6.97. The molecule has 3 N–H and O–H groups in total. The summed E-state index contributed by atoms with van der Waals surface area (Å²) in [6.07, 6.45) is 4.60. The van der Waals surface area contributed by atoms with Gasteiger partial charge in [-0.05, 0) is 31.0 Å². The Labute approximate surface area is 115 Å². The fraction of sp³-hybridized carbons (Fsp3) is 0.533. The maximum absolute atomic E-state index is 11.6. The number of ether oxygens (including phenoxy) is 1. The second-order valence-corrected chi connectivity index (χ2v) is 4.73. The smallest absolute Gasteiger partial charge is 0.250 e. The molecule has 0 fully saturated rings. The molecule has 0 saturated carbocycles. The van der Waals surface area contributed by atoms with Gasteiger partial charge in [-0.25, -0.2) is 0 Å². The van der Waals surface area contributed by atoms with Crippen molar-refractivity contribution >= 4 is 17.3 Å². The van der Waals surface area contributed by atoms with Crippen LogP contribution in [0.5, 0.6) is 0 Å². The molecule has 0 spiro atoms. The Hall–Kier alpha value is -1.55. The van der Waals surface area contributed by atoms with Gasteiger partial charge in [-0.1, -0.05) is 32.3 Å². The van der Waals surface area contributed by atoms with Gasteiger partial charge in [0.2, 0.25) is 5.91 Å². The van der Waals surface area contributed by atoms with Crippen LogP contribution in [-0.2, 0) is 9.53 Å². The maximum Gasteiger partial charge on any atom is 0.250 e. The van der Waals surface area contributed by atoms with Crippen LogP contribution in [0.15, 0.2) is 18.2 Å². The highest BCUT2D eigenvalue weighted by atomic mass is 16.5. The molecular formula is C15H24N2O2. The lowest BCUT2D eigenvalue weighted by molar-refractivity contribution is -0.120. The number of nitrogen functional groups attached to an aromatic ring is 1. The van der Waals surface area contributed by atoms with Crippen molar-refractivity contribution in [1.29, 1.82) is 0 Å². The predicted octanol–water partition coefficient (Wildman–Crippen LogP) is 3.11. The maximum atomic E-state index is 11.6. The summed E-state index contributed by atoms with van der Waals surface area (Å²) in [5, 5.41) is 2.77. The molecule has 0 aliphatic rings. The zero-order chi connectivity index (χ0) is 14.1. The molecule has 0 radical (unpaired) electrons. The molecule has 1 aromatic rings. The Bertz CT molecular complexity index is 405. The zero-order valence-electron chi connectivity index (χ0n) is 11.9. The summed E-state index contributed by atoms with van der Waals surface area (Å²) in [6.45, 7) is 4.84. The van der Waals surface area contributed by atoms with Gasteiger partial charge in [-0.2, -0.15) is 0 Å². The van der Waals surface area contributed by atoms with Gasteiger partial charge in [0, 0.05) is 18.0 Å². The predicted molar refractivity (Wildman–Crippen MR) is 79.2 cm³/mol. The first kappa shape index (κ1) is 15.5. The van der Waals surface area contributed by atoms with E-state index < -0.39 is 0 Å². The fourth-order valence-electron chi connectivity index (χ4n) is 1.71. The summed E-state index contributed by atoms with van der Waals surface area (Å²) < 4.78 is 5.32. The van der Waals surface area contributed by atoms with Crippen molar-refractivity contribution in [2.75, 3.05) is 24.3 Å². The van der Waals surface area contributed by atoms with Crippen LogP contribution < -0.4 is 11.1 Å². The van der Waals surface area contributed by atoms with E-state index in [2.05, 4.69) is 12.2 Å². The first-order valence-electron chi connectivity index (χ1n) is 6.87. The molecule has 106 valence electrons. The molecule has 4 heteroatoms. The molecule has 4 nitrogen and oxygen atoms in total. The van der Waals surface area contributed by atoms with E-state index in [9.17, 15) is 4.79 Å². The van der Waals surface area contributed by atoms with Crippen molar-refractivity contribution in [2.45, 2.75) is 39.5 Å². The highest BCUT2D eigenvalue weighted by Crippen LogP contribution is 2.16. The summed E-state index contributed by atoms with van der Waals surface area (Å²) in [6, 6.07) is 5.48. The molecular weight excluding hydrogens is 240 g/mol. The minimum Gasteiger partial charge on any atom is -0.398 e. The average molecular weight is 264 g/mol. The SMILES string of the molecule is CCCCCCOCC(=O)Nc1ccc(C)c(N)c1. The lowest BCUT2D eigenvalue weighted by Crippen LogP contribution is -2.18. The number of aryl methyl sites for hydroxylation is 1. The van der Waals surface area contributed by atoms with Gasteiger partial charge in [-0.15, -0.1) is 0 Å². The van der Waals surface area contributed by atoms with Crippen molar-refractivity contribution in [3.63, 3.8) is 0 Å². The monoisotopic (exact) mass is 264 g/mol. The number of nitrogens with two attached hydrogens (primary N) is 1. The number of rotatable bonds is 8. The van der Waals surface area contributed by atoms with E-state index in [1.807, 2.05) is 19.1 Å². The van der Waals surface area contributed by atoms with Crippen LogP contribution in [0, 0.1) is 6.92 Å². The molecule has 0 atom stereocenters. The molecule has 1 aromatic carbocycles. The highest BCUT2D eigenvalue weighted by molar-refractivity contribution is 5.92. The van der Waals surface area contributed by atoms with Gasteiger partial charge in [0.05, 0.1) is 0 Å². The van der Waals surface area contributed by atoms with Gasteiger partial charge < -0.3 is 15.8 Å². The lowest BCUT2D eigenvalue weighted by Gasteiger charge is -2.08. The number of nitrogens with one attached hydrogen (secondary N) is 1. The summed E-state index contributed by atoms with van der Waals surface area (Å²) in [5.74, 6) is -0.140. The first-order chi connectivity index (χ1) is 9.13. The van der Waals surface area contributed by atoms with Crippen LogP contribution in [0.1, 0.15) is 38.2 Å². The van der Waals surface area contributed by atoms with Gasteiger partial charge in [-0.3, -0.25) is 4.79 Å². The Balaban J connectivity index is 2.21. The minimum absolute atomic E-state index is 0.0971. The van der Waals surface area contributed by atoms with Crippen molar-refractivity contribution < 1.29 is 9.53 Å². The highest BCUT2D eigenvalue weighted by Gasteiger charge is 2.03. The zero-order valence-corrected chi connectivity index (χ0v) is 11.9. The van der Waals surface area contributed by atoms with Crippen LogP contribution in [0.3, 0.4) is 0 Å². The summed E-state index contributed by atoms with van der Waals surface area (Å²) >= 11 is 0. The van der Waals surface area contributed by atoms with E-state index in [0.717, 1.165) is 18.4 Å². The third kappa shape index (κ3) is 6.25. The molecule has 0 aliphatic carbocycles. The summed E-state index contributed by atoms with van der Waals surface area (Å²) in [4.78, 5) is 11.6. The van der Waals surface area contributed by atoms with Gasteiger partial charge in [0.15, 0.2) is 0 Å². The number of benzene rings is 1. The Morgan fingerprint density at radius 3 is 2.79 bits per heavy atom. The van der Waals surface area contributed by atoms with Crippen LogP contribution in [0.25, 0.3) is 0 Å². The van der Waals surface area contributed by atoms with E-state index in [1.165, 1.54) is 12.8 Å². The molecule has 1 amide bonds. The summed E-state index contributed by atoms with van der Waals surface area (Å²) in [7, 11) is 0. The topological polar surface area (TPSA) is 64.3 Å². The fourth-order valence-corrected chi connectivity index (χ4v) is 1.71. The summed E-state index contributed by atoms with van der Waals surface area (Å²) in [5.41, 5.74) is 8.18. The lowest BCUT2D eigenvalue weighted by atomic mass is 10.2. The van der Waals surface area contributed by atoms with Crippen molar-refractivity contribution in [3.05, 3.63) is 23.8 Å². The number of carbonyl (C=O) groups is 1. The average Bonchev–Trinajstić information content (AvgIpc) is 2.38. The Morgan fingerprint density at radius 2 is 2.11 bits per heavy atom. The second kappa shape index (κ2) is 8.53. The number of unbranched alkanes of at least 4 members (excludes halogenated alkanes) is 3. The van der Waals surface area contributed by atoms with Gasteiger partial charge in [0.25, 0.3) is 0 Å². The van der Waals surface area contributed by atoms with E-state index in [1.54, 1.807) is 6.07 Å². The van der Waals surface area contributed by atoms with Crippen molar-refractivity contribution in [3.8, 4) is 0 Å². The molecule has 0 unspecified atom stereocenters. The molecule has 1 rings (SSSR count). The third-order valence-corrected chi connectivity index (χ3v) is 2.94. The van der Waals surface area contributed by atoms with E-state index >= 15 is 0 Å². The van der Waals surface area contributed by atoms with Gasteiger partial charge in [0.1, 0.15) is 6.61 Å². The molecule has 0 heterocycles. The third-order valence-electron chi connectivity index (χ3n) is 2.94. The number of amides is 1. The molecule has 19 heavy (non-hydrogen) atoms. The van der Waals surface area contributed by atoms with Crippen LogP contribution in [0.4, 0.5) is 11.4 Å². The minimum atomic E-state index is -0.140. The van der Waals surface area contributed by atoms with Crippen molar-refractivity contribution in [2.24, 2.45) is 0 Å². The Morgan fingerprint density at radius 1 is 1.32 bits per heavy atom. The molecule has 0 aromatic heterocycles. The van der Waals surface area contributed by atoms with Gasteiger partial charge >= 0.3 is 0 Å². The molecule has 0 bridgehead atoms. The normalized spacial score (nSPS) is 10.4. The molecule has 0 aliphatic heterocycles. The van der Waals surface area contributed by atoms with Crippen molar-refractivity contribution in [1.82, 2.24) is 0 Å². The number of hydrogen-bond donors (Lipinski definition) is 2. The van der Waals surface area contributed by atoms with E-state index in [-0.39, 0.29) is 12.5 Å². The number of hydrogen-bond acceptors (Lipinski definition) is 3. The largest absolute Gasteiger partial charge is 0.398 e. The van der Waals surface area contributed by atoms with Crippen LogP contribution in [-0.4, -0.2) is 19.1 Å². The standard InChI is InChI=1S/C15H24N2O2/c1-3-4-5-6-9-19-11-15(18)17-13-8-7-12(2)14(16)10-13/h7-8,10H,3-6,9,11,16H2,1-2H3,(H,17,18). The van der Waals surface area contributed by atoms with E-state index in [4.69, 9.17) is 10.5 Å². The number of carbonyl (C=O) groups excluding carboxylic acids is 1. The molecule has 0 saturated heterocycles.